The van der Waals surface area contributed by atoms with E-state index in [9.17, 15) is 14.9 Å². The van der Waals surface area contributed by atoms with Gasteiger partial charge in [-0.05, 0) is 73.6 Å². The highest BCUT2D eigenvalue weighted by molar-refractivity contribution is 6.34. The highest BCUT2D eigenvalue weighted by Gasteiger charge is 2.20. The molecule has 45 heavy (non-hydrogen) atoms. The highest BCUT2D eigenvalue weighted by Crippen LogP contribution is 2.30. The van der Waals surface area contributed by atoms with Crippen LogP contribution in [-0.2, 0) is 11.2 Å². The molecule has 0 bridgehead atoms. The van der Waals surface area contributed by atoms with E-state index >= 15 is 0 Å². The standard InChI is InChI=1S/C34H33ClN8O2/c1-4-27(44)19-24-7-5-6-8-30(24)39-32-28(33(45)40-31-22(2)17-23(20-36)18-29(31)35)21-37-34(41-32)38-25-9-11-26(12-10-25)43-15-13-42(3)14-16-43/h4-12,17-18,21H,1,13-16,19H2,2-3H3,(H,40,45)(H2,37,38,39,41). The summed E-state index contributed by atoms with van der Waals surface area (Å²) in [5, 5.41) is 18.8. The number of likely N-dealkylation sites (N-methyl/N-ethyl adjacent to an activating group) is 1. The summed E-state index contributed by atoms with van der Waals surface area (Å²) in [6, 6.07) is 20.5. The molecule has 0 unspecified atom stereocenters. The monoisotopic (exact) mass is 620 g/mol. The molecular formula is C34H33ClN8O2. The number of allylic oxidation sites excluding steroid dienone is 1. The molecule has 3 aromatic carbocycles. The maximum absolute atomic E-state index is 13.6. The second kappa shape index (κ2) is 14.0. The van der Waals surface area contributed by atoms with E-state index in [4.69, 9.17) is 11.6 Å². The number of amides is 1. The van der Waals surface area contributed by atoms with Crippen LogP contribution < -0.4 is 20.9 Å². The van der Waals surface area contributed by atoms with Crippen LogP contribution in [0.5, 0.6) is 0 Å². The van der Waals surface area contributed by atoms with Gasteiger partial charge < -0.3 is 25.8 Å². The number of nitriles is 1. The van der Waals surface area contributed by atoms with E-state index in [1.807, 2.05) is 30.3 Å². The van der Waals surface area contributed by atoms with Gasteiger partial charge in [0.05, 0.1) is 22.3 Å². The first-order chi connectivity index (χ1) is 21.7. The minimum absolute atomic E-state index is 0.129. The van der Waals surface area contributed by atoms with Gasteiger partial charge in [-0.1, -0.05) is 36.4 Å². The van der Waals surface area contributed by atoms with E-state index in [1.165, 1.54) is 18.3 Å². The van der Waals surface area contributed by atoms with Gasteiger partial charge in [-0.2, -0.15) is 10.2 Å². The summed E-state index contributed by atoms with van der Waals surface area (Å²) in [6.07, 6.45) is 2.83. The van der Waals surface area contributed by atoms with Crippen molar-refractivity contribution in [3.05, 3.63) is 107 Å². The third-order valence-corrected chi connectivity index (χ3v) is 7.84. The minimum atomic E-state index is -0.505. The van der Waals surface area contributed by atoms with E-state index in [-0.39, 0.29) is 34.6 Å². The number of rotatable bonds is 10. The Labute approximate surface area is 267 Å². The van der Waals surface area contributed by atoms with Gasteiger partial charge in [0, 0.05) is 55.9 Å². The molecule has 2 heterocycles. The largest absolute Gasteiger partial charge is 0.369 e. The van der Waals surface area contributed by atoms with Gasteiger partial charge in [0.25, 0.3) is 5.91 Å². The molecule has 228 valence electrons. The number of carbonyl (C=O) groups excluding carboxylic acids is 2. The third kappa shape index (κ3) is 7.65. The molecule has 1 amide bonds. The number of para-hydroxylation sites is 1. The zero-order valence-corrected chi connectivity index (χ0v) is 25.9. The maximum Gasteiger partial charge on any atom is 0.261 e. The molecule has 5 rings (SSSR count). The number of aryl methyl sites for hydroxylation is 1. The zero-order valence-electron chi connectivity index (χ0n) is 25.1. The molecule has 1 fully saturated rings. The van der Waals surface area contributed by atoms with Crippen molar-refractivity contribution in [1.29, 1.82) is 5.26 Å². The summed E-state index contributed by atoms with van der Waals surface area (Å²) in [5.41, 5.74) is 4.80. The Balaban J connectivity index is 1.44. The van der Waals surface area contributed by atoms with Crippen molar-refractivity contribution in [2.45, 2.75) is 13.3 Å². The number of ketones is 1. The number of nitrogens with zero attached hydrogens (tertiary/aromatic N) is 5. The maximum atomic E-state index is 13.6. The molecule has 1 aliphatic heterocycles. The Morgan fingerprint density at radius 3 is 2.49 bits per heavy atom. The molecule has 1 saturated heterocycles. The molecule has 0 radical (unpaired) electrons. The summed E-state index contributed by atoms with van der Waals surface area (Å²) in [7, 11) is 2.13. The normalized spacial score (nSPS) is 13.1. The Bertz CT molecular complexity index is 1750. The van der Waals surface area contributed by atoms with Crippen molar-refractivity contribution >= 4 is 57.8 Å². The Hall–Kier alpha value is -5.24. The van der Waals surface area contributed by atoms with E-state index in [1.54, 1.807) is 19.1 Å². The van der Waals surface area contributed by atoms with Crippen molar-refractivity contribution in [2.24, 2.45) is 0 Å². The first kappa shape index (κ1) is 31.2. The van der Waals surface area contributed by atoms with Crippen molar-refractivity contribution in [1.82, 2.24) is 14.9 Å². The molecule has 0 atom stereocenters. The topological polar surface area (TPSA) is 126 Å². The lowest BCUT2D eigenvalue weighted by Gasteiger charge is -2.34. The smallest absolute Gasteiger partial charge is 0.261 e. The fourth-order valence-electron chi connectivity index (χ4n) is 4.98. The number of aromatic nitrogens is 2. The van der Waals surface area contributed by atoms with Gasteiger partial charge in [-0.15, -0.1) is 0 Å². The second-order valence-electron chi connectivity index (χ2n) is 10.8. The fraction of sp³-hybridized carbons (Fsp3) is 0.206. The first-order valence-electron chi connectivity index (χ1n) is 14.4. The molecule has 3 N–H and O–H groups in total. The van der Waals surface area contributed by atoms with Crippen LogP contribution in [0.4, 0.5) is 34.5 Å². The van der Waals surface area contributed by atoms with Gasteiger partial charge >= 0.3 is 0 Å². The van der Waals surface area contributed by atoms with Crippen LogP contribution >= 0.6 is 11.6 Å². The average Bonchev–Trinajstić information content (AvgIpc) is 3.04. The van der Waals surface area contributed by atoms with Crippen LogP contribution in [0.25, 0.3) is 0 Å². The van der Waals surface area contributed by atoms with E-state index < -0.39 is 5.91 Å². The zero-order chi connectivity index (χ0) is 31.9. The molecule has 0 saturated carbocycles. The SMILES string of the molecule is C=CC(=O)Cc1ccccc1Nc1nc(Nc2ccc(N3CCN(C)CC3)cc2)ncc1C(=O)Nc1c(C)cc(C#N)cc1Cl. The van der Waals surface area contributed by atoms with Crippen LogP contribution in [0.3, 0.4) is 0 Å². The quantitative estimate of drug-likeness (QED) is 0.180. The van der Waals surface area contributed by atoms with Crippen LogP contribution in [0, 0.1) is 18.3 Å². The van der Waals surface area contributed by atoms with Gasteiger partial charge in [0.2, 0.25) is 5.95 Å². The van der Waals surface area contributed by atoms with Crippen molar-refractivity contribution in [2.75, 3.05) is 54.1 Å². The van der Waals surface area contributed by atoms with Crippen molar-refractivity contribution in [3.8, 4) is 6.07 Å². The minimum Gasteiger partial charge on any atom is -0.369 e. The third-order valence-electron chi connectivity index (χ3n) is 7.54. The Morgan fingerprint density at radius 2 is 1.80 bits per heavy atom. The van der Waals surface area contributed by atoms with E-state index in [0.717, 1.165) is 37.6 Å². The molecule has 10 nitrogen and oxygen atoms in total. The number of anilines is 6. The van der Waals surface area contributed by atoms with Gasteiger partial charge in [-0.25, -0.2) is 4.98 Å². The van der Waals surface area contributed by atoms with Crippen LogP contribution in [0.1, 0.15) is 27.0 Å². The van der Waals surface area contributed by atoms with Crippen molar-refractivity contribution in [3.63, 3.8) is 0 Å². The van der Waals surface area contributed by atoms with Gasteiger partial charge in [-0.3, -0.25) is 9.59 Å². The number of hydrogen-bond donors (Lipinski definition) is 3. The molecule has 1 aromatic heterocycles. The lowest BCUT2D eigenvalue weighted by molar-refractivity contribution is -0.114. The molecular weight excluding hydrogens is 588 g/mol. The summed E-state index contributed by atoms with van der Waals surface area (Å²) in [6.45, 7) is 9.31. The van der Waals surface area contributed by atoms with Gasteiger partial charge in [0.15, 0.2) is 5.78 Å². The summed E-state index contributed by atoms with van der Waals surface area (Å²) in [5.74, 6) is -0.151. The fourth-order valence-corrected chi connectivity index (χ4v) is 5.30. The van der Waals surface area contributed by atoms with Crippen LogP contribution in [0.15, 0.2) is 79.5 Å². The number of hydrogen-bond acceptors (Lipinski definition) is 9. The predicted octanol–water partition coefficient (Wildman–Crippen LogP) is 6.10. The summed E-state index contributed by atoms with van der Waals surface area (Å²) < 4.78 is 0. The molecule has 0 spiro atoms. The number of halogens is 1. The van der Waals surface area contributed by atoms with Crippen LogP contribution in [-0.4, -0.2) is 59.8 Å². The van der Waals surface area contributed by atoms with E-state index in [2.05, 4.69) is 67.5 Å². The molecule has 1 aliphatic rings. The lowest BCUT2D eigenvalue weighted by Crippen LogP contribution is -2.44. The second-order valence-corrected chi connectivity index (χ2v) is 11.2. The summed E-state index contributed by atoms with van der Waals surface area (Å²) in [4.78, 5) is 39.6. The Morgan fingerprint density at radius 1 is 1.07 bits per heavy atom. The predicted molar refractivity (Wildman–Crippen MR) is 179 cm³/mol. The lowest BCUT2D eigenvalue weighted by atomic mass is 10.1. The number of carbonyl (C=O) groups is 2. The van der Waals surface area contributed by atoms with Gasteiger partial charge in [0.1, 0.15) is 11.4 Å². The highest BCUT2D eigenvalue weighted by atomic mass is 35.5. The number of nitrogens with one attached hydrogen (secondary N) is 3. The molecule has 4 aromatic rings. The number of piperazine rings is 1. The van der Waals surface area contributed by atoms with Crippen LogP contribution in [0.2, 0.25) is 5.02 Å². The average molecular weight is 621 g/mol. The number of benzene rings is 3. The summed E-state index contributed by atoms with van der Waals surface area (Å²) >= 11 is 6.41. The molecule has 11 heteroatoms. The molecule has 0 aliphatic carbocycles. The van der Waals surface area contributed by atoms with Crippen molar-refractivity contribution < 1.29 is 9.59 Å². The Kier molecular flexibility index (Phi) is 9.73. The first-order valence-corrected chi connectivity index (χ1v) is 14.8. The van der Waals surface area contributed by atoms with E-state index in [0.29, 0.717) is 28.1 Å².